The van der Waals surface area contributed by atoms with E-state index in [-0.39, 0.29) is 29.4 Å². The Morgan fingerprint density at radius 2 is 1.87 bits per heavy atom. The molecule has 0 saturated heterocycles. The molecule has 39 heavy (non-hydrogen) atoms. The number of rotatable bonds is 5. The molecule has 4 aromatic heterocycles. The van der Waals surface area contributed by atoms with Gasteiger partial charge in [0.1, 0.15) is 16.6 Å². The number of halogens is 4. The maximum atomic E-state index is 13.3. The second-order valence-electron chi connectivity index (χ2n) is 8.51. The van der Waals surface area contributed by atoms with Crippen molar-refractivity contribution >= 4 is 39.9 Å². The van der Waals surface area contributed by atoms with Gasteiger partial charge in [0, 0.05) is 29.2 Å². The Bertz CT molecular complexity index is 1570. The van der Waals surface area contributed by atoms with Gasteiger partial charge in [0.15, 0.2) is 5.13 Å². The average molecular weight is 575 g/mol. The van der Waals surface area contributed by atoms with E-state index in [0.717, 1.165) is 23.2 Å². The van der Waals surface area contributed by atoms with Crippen molar-refractivity contribution in [2.75, 3.05) is 12.4 Å². The van der Waals surface area contributed by atoms with Gasteiger partial charge in [-0.05, 0) is 31.2 Å². The van der Waals surface area contributed by atoms with Crippen LogP contribution in [0.2, 0.25) is 5.15 Å². The molecule has 0 spiro atoms. The molecule has 5 heterocycles. The van der Waals surface area contributed by atoms with E-state index in [1.807, 2.05) is 0 Å². The standard InChI is InChI=1S/C25H18ClF3N6O3S/c1-12-5-14(15-6-21(26)32-9-18(15)38-2)16(8-30-12)22(36)34-24-33-17-10-35(11-19(17)39-24)23(37)13-3-4-20(31-7-13)25(27,28)29/h3-9H,10-11H2,1-2H3,(H,33,34,36). The lowest BCUT2D eigenvalue weighted by Gasteiger charge is -2.16. The molecule has 2 amide bonds. The summed E-state index contributed by atoms with van der Waals surface area (Å²) in [4.78, 5) is 44.3. The lowest BCUT2D eigenvalue weighted by atomic mass is 10.0. The lowest BCUT2D eigenvalue weighted by molar-refractivity contribution is -0.141. The van der Waals surface area contributed by atoms with Crippen molar-refractivity contribution in [3.8, 4) is 16.9 Å². The molecule has 200 valence electrons. The minimum Gasteiger partial charge on any atom is -0.494 e. The van der Waals surface area contributed by atoms with Crippen LogP contribution in [0.5, 0.6) is 5.75 Å². The summed E-state index contributed by atoms with van der Waals surface area (Å²) in [6, 6.07) is 5.21. The molecular weight excluding hydrogens is 557 g/mol. The van der Waals surface area contributed by atoms with Crippen molar-refractivity contribution in [2.24, 2.45) is 0 Å². The molecule has 4 aromatic rings. The van der Waals surface area contributed by atoms with Gasteiger partial charge < -0.3 is 9.64 Å². The van der Waals surface area contributed by atoms with Crippen LogP contribution in [0, 0.1) is 6.92 Å². The van der Waals surface area contributed by atoms with E-state index in [1.54, 1.807) is 19.1 Å². The zero-order valence-corrected chi connectivity index (χ0v) is 21.9. The SMILES string of the molecule is COc1cnc(Cl)cc1-c1cc(C)ncc1C(=O)Nc1nc2c(s1)CN(C(=O)c1ccc(C(F)(F)F)nc1)C2. The van der Waals surface area contributed by atoms with Gasteiger partial charge in [-0.2, -0.15) is 13.2 Å². The minimum atomic E-state index is -4.59. The number of hydrogen-bond donors (Lipinski definition) is 1. The van der Waals surface area contributed by atoms with E-state index >= 15 is 0 Å². The van der Waals surface area contributed by atoms with Gasteiger partial charge in [-0.1, -0.05) is 22.9 Å². The molecule has 0 aromatic carbocycles. The first-order valence-corrected chi connectivity index (χ1v) is 12.5. The fourth-order valence-corrected chi connectivity index (χ4v) is 5.17. The predicted octanol–water partition coefficient (Wildman–Crippen LogP) is 5.39. The molecule has 1 aliphatic heterocycles. The molecule has 1 N–H and O–H groups in total. The fraction of sp³-hybridized carbons (Fsp3) is 0.200. The zero-order valence-electron chi connectivity index (χ0n) is 20.3. The second-order valence-corrected chi connectivity index (χ2v) is 9.98. The summed E-state index contributed by atoms with van der Waals surface area (Å²) in [5.41, 5.74) is 1.62. The maximum Gasteiger partial charge on any atom is 0.433 e. The summed E-state index contributed by atoms with van der Waals surface area (Å²) in [6.45, 7) is 2.14. The van der Waals surface area contributed by atoms with Gasteiger partial charge in [0.2, 0.25) is 0 Å². The third-order valence-corrected chi connectivity index (χ3v) is 7.10. The highest BCUT2D eigenvalue weighted by molar-refractivity contribution is 7.16. The van der Waals surface area contributed by atoms with Crippen molar-refractivity contribution in [3.63, 3.8) is 0 Å². The quantitative estimate of drug-likeness (QED) is 0.318. The Morgan fingerprint density at radius 3 is 2.54 bits per heavy atom. The summed E-state index contributed by atoms with van der Waals surface area (Å²) >= 11 is 7.30. The normalized spacial score (nSPS) is 12.8. The highest BCUT2D eigenvalue weighted by Crippen LogP contribution is 2.36. The molecular formula is C25H18ClF3N6O3S. The van der Waals surface area contributed by atoms with Crippen molar-refractivity contribution in [2.45, 2.75) is 26.2 Å². The minimum absolute atomic E-state index is 0.0396. The van der Waals surface area contributed by atoms with Crippen LogP contribution in [0.25, 0.3) is 11.1 Å². The van der Waals surface area contributed by atoms with E-state index in [9.17, 15) is 22.8 Å². The molecule has 0 saturated carbocycles. The Kier molecular flexibility index (Phi) is 6.95. The van der Waals surface area contributed by atoms with Crippen molar-refractivity contribution in [1.82, 2.24) is 24.8 Å². The third-order valence-electron chi connectivity index (χ3n) is 5.89. The number of methoxy groups -OCH3 is 1. The molecule has 14 heteroatoms. The molecule has 0 atom stereocenters. The van der Waals surface area contributed by atoms with Gasteiger partial charge in [-0.25, -0.2) is 9.97 Å². The summed E-state index contributed by atoms with van der Waals surface area (Å²) in [5.74, 6) is -0.490. The first-order valence-electron chi connectivity index (χ1n) is 11.3. The van der Waals surface area contributed by atoms with Gasteiger partial charge in [0.25, 0.3) is 11.8 Å². The smallest absolute Gasteiger partial charge is 0.433 e. The van der Waals surface area contributed by atoms with Crippen LogP contribution in [0.3, 0.4) is 0 Å². The van der Waals surface area contributed by atoms with Crippen LogP contribution in [-0.4, -0.2) is 43.8 Å². The monoisotopic (exact) mass is 574 g/mol. The molecule has 0 radical (unpaired) electrons. The number of pyridine rings is 3. The lowest BCUT2D eigenvalue weighted by Crippen LogP contribution is -2.26. The first-order chi connectivity index (χ1) is 18.5. The number of nitrogens with zero attached hydrogens (tertiary/aromatic N) is 5. The number of hydrogen-bond acceptors (Lipinski definition) is 8. The Hall–Kier alpha value is -4.10. The van der Waals surface area contributed by atoms with Crippen molar-refractivity contribution < 1.29 is 27.5 Å². The number of thiazole rings is 1. The van der Waals surface area contributed by atoms with Gasteiger partial charge in [-0.3, -0.25) is 24.9 Å². The Balaban J connectivity index is 1.32. The number of amides is 2. The number of fused-ring (bicyclic) bond motifs is 1. The topological polar surface area (TPSA) is 110 Å². The van der Waals surface area contributed by atoms with Crippen LogP contribution in [0.4, 0.5) is 18.3 Å². The summed E-state index contributed by atoms with van der Waals surface area (Å²) < 4.78 is 43.7. The zero-order chi connectivity index (χ0) is 27.9. The number of carbonyl (C=O) groups is 2. The molecule has 9 nitrogen and oxygen atoms in total. The number of alkyl halides is 3. The number of aryl methyl sites for hydroxylation is 1. The van der Waals surface area contributed by atoms with Gasteiger partial charge >= 0.3 is 6.18 Å². The summed E-state index contributed by atoms with van der Waals surface area (Å²) in [7, 11) is 1.49. The van der Waals surface area contributed by atoms with Crippen molar-refractivity contribution in [3.05, 3.63) is 81.1 Å². The fourth-order valence-electron chi connectivity index (χ4n) is 4.03. The van der Waals surface area contributed by atoms with Crippen LogP contribution in [-0.2, 0) is 19.3 Å². The number of nitrogens with one attached hydrogen (secondary N) is 1. The second kappa shape index (κ2) is 10.2. The van der Waals surface area contributed by atoms with Crippen LogP contribution >= 0.6 is 22.9 Å². The van der Waals surface area contributed by atoms with Gasteiger partial charge in [0.05, 0.1) is 48.1 Å². The van der Waals surface area contributed by atoms with E-state index in [1.165, 1.54) is 35.7 Å². The van der Waals surface area contributed by atoms with Crippen LogP contribution < -0.4 is 10.1 Å². The summed E-state index contributed by atoms with van der Waals surface area (Å²) in [6.07, 6.45) is -0.756. The molecule has 5 rings (SSSR count). The number of ether oxygens (including phenoxy) is 1. The maximum absolute atomic E-state index is 13.3. The van der Waals surface area contributed by atoms with E-state index in [2.05, 4.69) is 25.3 Å². The Labute approximate surface area is 228 Å². The third kappa shape index (κ3) is 5.40. The average Bonchev–Trinajstić information content (AvgIpc) is 3.46. The highest BCUT2D eigenvalue weighted by atomic mass is 35.5. The number of carbonyl (C=O) groups excluding carboxylic acids is 2. The van der Waals surface area contributed by atoms with Crippen LogP contribution in [0.15, 0.2) is 42.9 Å². The summed E-state index contributed by atoms with van der Waals surface area (Å²) in [5, 5.41) is 3.35. The van der Waals surface area contributed by atoms with E-state index < -0.39 is 23.7 Å². The largest absolute Gasteiger partial charge is 0.494 e. The predicted molar refractivity (Wildman–Crippen MR) is 137 cm³/mol. The van der Waals surface area contributed by atoms with Gasteiger partial charge in [-0.15, -0.1) is 0 Å². The Morgan fingerprint density at radius 1 is 1.08 bits per heavy atom. The molecule has 0 fully saturated rings. The first kappa shape index (κ1) is 26.5. The number of anilines is 1. The molecule has 0 unspecified atom stereocenters. The van der Waals surface area contributed by atoms with Crippen LogP contribution in [0.1, 0.15) is 42.7 Å². The van der Waals surface area contributed by atoms with Crippen molar-refractivity contribution in [1.29, 1.82) is 0 Å². The van der Waals surface area contributed by atoms with E-state index in [4.69, 9.17) is 16.3 Å². The highest BCUT2D eigenvalue weighted by Gasteiger charge is 2.33. The molecule has 0 aliphatic carbocycles. The number of aromatic nitrogens is 4. The molecule has 1 aliphatic rings. The van der Waals surface area contributed by atoms with E-state index in [0.29, 0.717) is 33.4 Å². The molecule has 0 bridgehead atoms.